The van der Waals surface area contributed by atoms with E-state index in [-0.39, 0.29) is 0 Å². The molecule has 106 valence electrons. The Morgan fingerprint density at radius 2 is 2.05 bits per heavy atom. The maximum Gasteiger partial charge on any atom is 0.134 e. The van der Waals surface area contributed by atoms with Crippen LogP contribution >= 0.6 is 0 Å². The maximum absolute atomic E-state index is 4.43. The summed E-state index contributed by atoms with van der Waals surface area (Å²) in [4.78, 5) is 8.74. The van der Waals surface area contributed by atoms with Gasteiger partial charge >= 0.3 is 0 Å². The van der Waals surface area contributed by atoms with Crippen LogP contribution in [0.4, 0.5) is 11.6 Å². The molecule has 1 saturated carbocycles. The number of anilines is 2. The van der Waals surface area contributed by atoms with Crippen molar-refractivity contribution in [2.75, 3.05) is 24.2 Å². The molecule has 4 nitrogen and oxygen atoms in total. The van der Waals surface area contributed by atoms with Crippen LogP contribution in [0.3, 0.4) is 0 Å². The van der Waals surface area contributed by atoms with Crippen molar-refractivity contribution in [1.82, 2.24) is 9.97 Å². The first kappa shape index (κ1) is 14.1. The third kappa shape index (κ3) is 3.37. The summed E-state index contributed by atoms with van der Waals surface area (Å²) < 4.78 is 0. The fourth-order valence-corrected chi connectivity index (χ4v) is 3.02. The predicted octanol–water partition coefficient (Wildman–Crippen LogP) is 3.32. The lowest BCUT2D eigenvalue weighted by Crippen LogP contribution is -2.18. The molecule has 0 saturated heterocycles. The quantitative estimate of drug-likeness (QED) is 0.825. The standard InChI is InChI=1S/C15H26N4/c1-4-6-13-14(16-3)18-10-19-15(13)17-9-12-8-5-7-11(12)2/h10-12H,4-9H2,1-3H3,(H2,16,17,18,19). The first-order valence-electron chi connectivity index (χ1n) is 7.51. The second kappa shape index (κ2) is 6.73. The summed E-state index contributed by atoms with van der Waals surface area (Å²) >= 11 is 0. The number of nitrogens with one attached hydrogen (secondary N) is 2. The van der Waals surface area contributed by atoms with Gasteiger partial charge in [-0.2, -0.15) is 0 Å². The summed E-state index contributed by atoms with van der Waals surface area (Å²) in [6.07, 6.45) is 7.86. The number of hydrogen-bond acceptors (Lipinski definition) is 4. The highest BCUT2D eigenvalue weighted by atomic mass is 15.1. The van der Waals surface area contributed by atoms with Crippen LogP contribution in [0.15, 0.2) is 6.33 Å². The van der Waals surface area contributed by atoms with E-state index in [2.05, 4.69) is 34.4 Å². The normalized spacial score (nSPS) is 22.5. The number of hydrogen-bond donors (Lipinski definition) is 2. The molecule has 0 amide bonds. The Morgan fingerprint density at radius 3 is 2.68 bits per heavy atom. The van der Waals surface area contributed by atoms with E-state index in [0.29, 0.717) is 0 Å². The van der Waals surface area contributed by atoms with Crippen molar-refractivity contribution in [1.29, 1.82) is 0 Å². The molecule has 2 N–H and O–H groups in total. The first-order valence-corrected chi connectivity index (χ1v) is 7.51. The van der Waals surface area contributed by atoms with Crippen molar-refractivity contribution in [2.24, 2.45) is 11.8 Å². The van der Waals surface area contributed by atoms with E-state index in [9.17, 15) is 0 Å². The molecule has 19 heavy (non-hydrogen) atoms. The third-order valence-electron chi connectivity index (χ3n) is 4.25. The van der Waals surface area contributed by atoms with Crippen LogP contribution in [-0.4, -0.2) is 23.6 Å². The molecular formula is C15H26N4. The Hall–Kier alpha value is -1.32. The van der Waals surface area contributed by atoms with Crippen LogP contribution in [0.1, 0.15) is 45.1 Å². The topological polar surface area (TPSA) is 49.8 Å². The Morgan fingerprint density at radius 1 is 1.26 bits per heavy atom. The van der Waals surface area contributed by atoms with Crippen LogP contribution in [0.5, 0.6) is 0 Å². The highest BCUT2D eigenvalue weighted by Gasteiger charge is 2.23. The van der Waals surface area contributed by atoms with Gasteiger partial charge in [-0.25, -0.2) is 9.97 Å². The van der Waals surface area contributed by atoms with Gasteiger partial charge in [-0.15, -0.1) is 0 Å². The third-order valence-corrected chi connectivity index (χ3v) is 4.25. The molecule has 2 atom stereocenters. The molecule has 0 bridgehead atoms. The molecule has 0 radical (unpaired) electrons. The maximum atomic E-state index is 4.43. The van der Waals surface area contributed by atoms with E-state index in [1.54, 1.807) is 6.33 Å². The van der Waals surface area contributed by atoms with Crippen molar-refractivity contribution in [3.05, 3.63) is 11.9 Å². The van der Waals surface area contributed by atoms with Crippen molar-refractivity contribution in [3.63, 3.8) is 0 Å². The Bertz CT molecular complexity index is 405. The number of rotatable bonds is 6. The van der Waals surface area contributed by atoms with Gasteiger partial charge in [-0.3, -0.25) is 0 Å². The van der Waals surface area contributed by atoms with E-state index >= 15 is 0 Å². The molecule has 0 aromatic carbocycles. The first-order chi connectivity index (χ1) is 9.26. The second-order valence-electron chi connectivity index (χ2n) is 5.60. The number of aromatic nitrogens is 2. The van der Waals surface area contributed by atoms with Gasteiger partial charge in [0.25, 0.3) is 0 Å². The Labute approximate surface area is 116 Å². The molecule has 1 aliphatic carbocycles. The molecular weight excluding hydrogens is 236 g/mol. The van der Waals surface area contributed by atoms with Gasteiger partial charge in [-0.1, -0.05) is 33.1 Å². The fourth-order valence-electron chi connectivity index (χ4n) is 3.02. The molecule has 2 rings (SSSR count). The zero-order valence-electron chi connectivity index (χ0n) is 12.4. The van der Waals surface area contributed by atoms with Gasteiger partial charge < -0.3 is 10.6 Å². The van der Waals surface area contributed by atoms with Gasteiger partial charge in [-0.05, 0) is 24.7 Å². The molecule has 0 spiro atoms. The van der Waals surface area contributed by atoms with Gasteiger partial charge in [0.15, 0.2) is 0 Å². The Kier molecular flexibility index (Phi) is 5.00. The minimum atomic E-state index is 0.794. The van der Waals surface area contributed by atoms with Crippen LogP contribution in [0, 0.1) is 11.8 Å². The molecule has 2 unspecified atom stereocenters. The highest BCUT2D eigenvalue weighted by molar-refractivity contribution is 5.57. The monoisotopic (exact) mass is 262 g/mol. The molecule has 1 aromatic rings. The molecule has 4 heteroatoms. The zero-order valence-corrected chi connectivity index (χ0v) is 12.4. The Balaban J connectivity index is 2.06. The molecule has 0 aliphatic heterocycles. The van der Waals surface area contributed by atoms with E-state index < -0.39 is 0 Å². The molecule has 1 aromatic heterocycles. The second-order valence-corrected chi connectivity index (χ2v) is 5.60. The fraction of sp³-hybridized carbons (Fsp3) is 0.733. The zero-order chi connectivity index (χ0) is 13.7. The van der Waals surface area contributed by atoms with Crippen molar-refractivity contribution in [3.8, 4) is 0 Å². The average Bonchev–Trinajstić information content (AvgIpc) is 2.83. The molecule has 1 heterocycles. The lowest BCUT2D eigenvalue weighted by Gasteiger charge is -2.18. The van der Waals surface area contributed by atoms with Crippen LogP contribution in [0.25, 0.3) is 0 Å². The van der Waals surface area contributed by atoms with Crippen LogP contribution in [0.2, 0.25) is 0 Å². The van der Waals surface area contributed by atoms with Gasteiger partial charge in [0, 0.05) is 19.2 Å². The van der Waals surface area contributed by atoms with E-state index in [4.69, 9.17) is 0 Å². The number of nitrogens with zero attached hydrogens (tertiary/aromatic N) is 2. The summed E-state index contributed by atoms with van der Waals surface area (Å²) in [5, 5.41) is 6.72. The summed E-state index contributed by atoms with van der Waals surface area (Å²) in [5.74, 6) is 3.61. The average molecular weight is 262 g/mol. The van der Waals surface area contributed by atoms with Crippen LogP contribution < -0.4 is 10.6 Å². The highest BCUT2D eigenvalue weighted by Crippen LogP contribution is 2.31. The van der Waals surface area contributed by atoms with E-state index in [1.807, 2.05) is 7.05 Å². The van der Waals surface area contributed by atoms with Crippen LogP contribution in [-0.2, 0) is 6.42 Å². The van der Waals surface area contributed by atoms with Gasteiger partial charge in [0.05, 0.1) is 0 Å². The summed E-state index contributed by atoms with van der Waals surface area (Å²) in [6, 6.07) is 0. The minimum Gasteiger partial charge on any atom is -0.373 e. The van der Waals surface area contributed by atoms with Crippen molar-refractivity contribution < 1.29 is 0 Å². The van der Waals surface area contributed by atoms with Gasteiger partial charge in [0.2, 0.25) is 0 Å². The predicted molar refractivity (Wildman–Crippen MR) is 80.6 cm³/mol. The minimum absolute atomic E-state index is 0.794. The van der Waals surface area contributed by atoms with Gasteiger partial charge in [0.1, 0.15) is 18.0 Å². The summed E-state index contributed by atoms with van der Waals surface area (Å²) in [7, 11) is 1.92. The largest absolute Gasteiger partial charge is 0.373 e. The van der Waals surface area contributed by atoms with Crippen molar-refractivity contribution in [2.45, 2.75) is 46.0 Å². The lowest BCUT2D eigenvalue weighted by atomic mass is 9.98. The molecule has 1 fully saturated rings. The summed E-state index contributed by atoms with van der Waals surface area (Å²) in [6.45, 7) is 5.60. The summed E-state index contributed by atoms with van der Waals surface area (Å²) in [5.41, 5.74) is 1.22. The van der Waals surface area contributed by atoms with E-state index in [0.717, 1.165) is 42.9 Å². The SMILES string of the molecule is CCCc1c(NC)ncnc1NCC1CCCC1C. The lowest BCUT2D eigenvalue weighted by molar-refractivity contribution is 0.439. The van der Waals surface area contributed by atoms with E-state index in [1.165, 1.54) is 24.8 Å². The smallest absolute Gasteiger partial charge is 0.134 e. The van der Waals surface area contributed by atoms with Crippen molar-refractivity contribution >= 4 is 11.6 Å². The molecule has 1 aliphatic rings.